The highest BCUT2D eigenvalue weighted by Crippen LogP contribution is 2.32. The Morgan fingerprint density at radius 3 is 2.64 bits per heavy atom. The van der Waals surface area contributed by atoms with Crippen LogP contribution in [0.4, 0.5) is 13.2 Å². The second-order valence-corrected chi connectivity index (χ2v) is 5.05. The van der Waals surface area contributed by atoms with Gasteiger partial charge in [0.15, 0.2) is 5.65 Å². The zero-order valence-electron chi connectivity index (χ0n) is 11.8. The monoisotopic (exact) mass is 307 g/mol. The number of hydrogen-bond donors (Lipinski definition) is 1. The second-order valence-electron chi connectivity index (χ2n) is 5.05. The van der Waals surface area contributed by atoms with Crippen molar-refractivity contribution >= 4 is 5.65 Å². The molecule has 0 atom stereocenters. The predicted molar refractivity (Wildman–Crippen MR) is 75.7 cm³/mol. The lowest BCUT2D eigenvalue weighted by Gasteiger charge is -2.08. The van der Waals surface area contributed by atoms with Crippen LogP contribution < -0.4 is 5.56 Å². The van der Waals surface area contributed by atoms with Crippen molar-refractivity contribution in [3.05, 3.63) is 57.6 Å². The molecule has 114 valence electrons. The maximum atomic E-state index is 12.8. The van der Waals surface area contributed by atoms with E-state index in [2.05, 4.69) is 10.1 Å². The molecule has 3 aromatic rings. The molecule has 7 heteroatoms. The number of hydrogen-bond acceptors (Lipinski definition) is 2. The van der Waals surface area contributed by atoms with Gasteiger partial charge < -0.3 is 0 Å². The smallest absolute Gasteiger partial charge is 0.296 e. The van der Waals surface area contributed by atoms with Crippen molar-refractivity contribution in [2.24, 2.45) is 0 Å². The van der Waals surface area contributed by atoms with E-state index in [0.717, 1.165) is 12.1 Å². The lowest BCUT2D eigenvalue weighted by atomic mass is 10.1. The number of benzene rings is 1. The number of nitrogens with one attached hydrogen (secondary N) is 1. The summed E-state index contributed by atoms with van der Waals surface area (Å²) in [6.45, 7) is 3.35. The number of nitrogens with zero attached hydrogens (tertiary/aromatic N) is 2. The Bertz CT molecular complexity index is 922. The normalized spacial score (nSPS) is 12.0. The van der Waals surface area contributed by atoms with E-state index in [1.807, 2.05) is 0 Å². The highest BCUT2D eigenvalue weighted by molar-refractivity contribution is 5.77. The SMILES string of the molecule is Cc1nc2c(-c3cccc(C(F)(F)F)c3)c[nH]n2c(=O)c1C. The number of alkyl halides is 3. The molecule has 0 fully saturated rings. The minimum atomic E-state index is -4.42. The fourth-order valence-corrected chi connectivity index (χ4v) is 2.28. The van der Waals surface area contributed by atoms with Gasteiger partial charge >= 0.3 is 6.18 Å². The van der Waals surface area contributed by atoms with Gasteiger partial charge in [0.25, 0.3) is 5.56 Å². The summed E-state index contributed by atoms with van der Waals surface area (Å²) in [7, 11) is 0. The van der Waals surface area contributed by atoms with Gasteiger partial charge in [0, 0.05) is 23.0 Å². The molecule has 1 N–H and O–H groups in total. The molecule has 0 amide bonds. The van der Waals surface area contributed by atoms with Gasteiger partial charge in [0.2, 0.25) is 0 Å². The Morgan fingerprint density at radius 2 is 1.95 bits per heavy atom. The quantitative estimate of drug-likeness (QED) is 0.749. The van der Waals surface area contributed by atoms with Gasteiger partial charge in [-0.15, -0.1) is 0 Å². The lowest BCUT2D eigenvalue weighted by Crippen LogP contribution is -2.19. The molecule has 0 aliphatic rings. The summed E-state index contributed by atoms with van der Waals surface area (Å²) in [4.78, 5) is 16.4. The van der Waals surface area contributed by atoms with Crippen molar-refractivity contribution in [1.29, 1.82) is 0 Å². The zero-order chi connectivity index (χ0) is 16.1. The maximum Gasteiger partial charge on any atom is 0.416 e. The summed E-state index contributed by atoms with van der Waals surface area (Å²) in [6.07, 6.45) is -2.93. The van der Waals surface area contributed by atoms with Crippen LogP contribution in [0.1, 0.15) is 16.8 Å². The van der Waals surface area contributed by atoms with Crippen LogP contribution in [-0.4, -0.2) is 14.6 Å². The van der Waals surface area contributed by atoms with Crippen LogP contribution in [0, 0.1) is 13.8 Å². The highest BCUT2D eigenvalue weighted by atomic mass is 19.4. The van der Waals surface area contributed by atoms with E-state index in [0.29, 0.717) is 28.0 Å². The first kappa shape index (κ1) is 14.4. The summed E-state index contributed by atoms with van der Waals surface area (Å²) in [5, 5.41) is 2.74. The maximum absolute atomic E-state index is 12.8. The molecule has 0 saturated heterocycles. The van der Waals surface area contributed by atoms with Crippen LogP contribution >= 0.6 is 0 Å². The largest absolute Gasteiger partial charge is 0.416 e. The Balaban J connectivity index is 2.26. The molecule has 3 rings (SSSR count). The van der Waals surface area contributed by atoms with Crippen molar-refractivity contribution in [2.75, 3.05) is 0 Å². The van der Waals surface area contributed by atoms with E-state index < -0.39 is 11.7 Å². The van der Waals surface area contributed by atoms with Crippen LogP contribution in [0.15, 0.2) is 35.3 Å². The van der Waals surface area contributed by atoms with E-state index >= 15 is 0 Å². The summed E-state index contributed by atoms with van der Waals surface area (Å²) in [5.74, 6) is 0. The number of rotatable bonds is 1. The number of aryl methyl sites for hydroxylation is 1. The highest BCUT2D eigenvalue weighted by Gasteiger charge is 2.30. The molecule has 0 aliphatic carbocycles. The van der Waals surface area contributed by atoms with Crippen molar-refractivity contribution in [1.82, 2.24) is 14.6 Å². The summed E-state index contributed by atoms with van der Waals surface area (Å²) in [5.41, 5.74) is 1.16. The van der Waals surface area contributed by atoms with Crippen LogP contribution in [-0.2, 0) is 6.18 Å². The Kier molecular flexibility index (Phi) is 3.09. The number of H-pyrrole nitrogens is 1. The van der Waals surface area contributed by atoms with Crippen molar-refractivity contribution < 1.29 is 13.2 Å². The average Bonchev–Trinajstić information content (AvgIpc) is 2.88. The molecule has 0 unspecified atom stereocenters. The van der Waals surface area contributed by atoms with Crippen molar-refractivity contribution in [3.8, 4) is 11.1 Å². The number of aromatic nitrogens is 3. The van der Waals surface area contributed by atoms with E-state index in [-0.39, 0.29) is 5.56 Å². The first-order chi connectivity index (χ1) is 10.3. The van der Waals surface area contributed by atoms with Gasteiger partial charge in [0.05, 0.1) is 5.56 Å². The third-order valence-corrected chi connectivity index (χ3v) is 3.63. The first-order valence-corrected chi connectivity index (χ1v) is 6.54. The van der Waals surface area contributed by atoms with E-state index in [4.69, 9.17) is 0 Å². The van der Waals surface area contributed by atoms with E-state index in [1.54, 1.807) is 19.9 Å². The molecule has 2 heterocycles. The van der Waals surface area contributed by atoms with Gasteiger partial charge in [-0.1, -0.05) is 12.1 Å². The number of aromatic amines is 1. The summed E-state index contributed by atoms with van der Waals surface area (Å²) < 4.78 is 39.7. The molecule has 0 saturated carbocycles. The van der Waals surface area contributed by atoms with Gasteiger partial charge in [-0.05, 0) is 31.5 Å². The average molecular weight is 307 g/mol. The molecule has 2 aromatic heterocycles. The van der Waals surface area contributed by atoms with E-state index in [9.17, 15) is 18.0 Å². The van der Waals surface area contributed by atoms with Gasteiger partial charge in [-0.2, -0.15) is 13.2 Å². The summed E-state index contributed by atoms with van der Waals surface area (Å²) >= 11 is 0. The molecule has 4 nitrogen and oxygen atoms in total. The van der Waals surface area contributed by atoms with Crippen molar-refractivity contribution in [3.63, 3.8) is 0 Å². The second kappa shape index (κ2) is 4.72. The molecule has 22 heavy (non-hydrogen) atoms. The Labute approximate surface area is 123 Å². The fourth-order valence-electron chi connectivity index (χ4n) is 2.28. The molecule has 0 radical (unpaired) electrons. The molecular weight excluding hydrogens is 295 g/mol. The molecule has 0 aliphatic heterocycles. The number of halogens is 3. The van der Waals surface area contributed by atoms with Gasteiger partial charge in [-0.3, -0.25) is 9.89 Å². The Morgan fingerprint density at radius 1 is 1.23 bits per heavy atom. The summed E-state index contributed by atoms with van der Waals surface area (Å²) in [6, 6.07) is 4.94. The molecule has 0 spiro atoms. The standard InChI is InChI=1S/C15H12F3N3O/c1-8-9(2)20-13-12(7-19-21(13)14(8)22)10-4-3-5-11(6-10)15(16,17)18/h3-7,19H,1-2H3. The van der Waals surface area contributed by atoms with Gasteiger partial charge in [-0.25, -0.2) is 9.50 Å². The minimum absolute atomic E-state index is 0.263. The van der Waals surface area contributed by atoms with Crippen LogP contribution in [0.25, 0.3) is 16.8 Å². The van der Waals surface area contributed by atoms with Crippen LogP contribution in [0.5, 0.6) is 0 Å². The third kappa shape index (κ3) is 2.18. The number of fused-ring (bicyclic) bond motifs is 1. The topological polar surface area (TPSA) is 50.2 Å². The fraction of sp³-hybridized carbons (Fsp3) is 0.200. The third-order valence-electron chi connectivity index (χ3n) is 3.63. The molecular formula is C15H12F3N3O. The van der Waals surface area contributed by atoms with Crippen LogP contribution in [0.3, 0.4) is 0 Å². The molecule has 0 bridgehead atoms. The molecule has 1 aromatic carbocycles. The van der Waals surface area contributed by atoms with Crippen molar-refractivity contribution in [2.45, 2.75) is 20.0 Å². The minimum Gasteiger partial charge on any atom is -0.296 e. The Hall–Kier alpha value is -2.57. The van der Waals surface area contributed by atoms with E-state index in [1.165, 1.54) is 16.8 Å². The first-order valence-electron chi connectivity index (χ1n) is 6.54. The zero-order valence-corrected chi connectivity index (χ0v) is 11.8. The lowest BCUT2D eigenvalue weighted by molar-refractivity contribution is -0.137. The van der Waals surface area contributed by atoms with Crippen LogP contribution in [0.2, 0.25) is 0 Å². The predicted octanol–water partition coefficient (Wildman–Crippen LogP) is 3.33. The van der Waals surface area contributed by atoms with Gasteiger partial charge in [0.1, 0.15) is 0 Å².